The molecule has 1 atom stereocenters. The van der Waals surface area contributed by atoms with E-state index in [1.165, 1.54) is 6.07 Å². The number of halogens is 4. The van der Waals surface area contributed by atoms with Crippen LogP contribution in [0.15, 0.2) is 42.5 Å². The van der Waals surface area contributed by atoms with E-state index in [-0.39, 0.29) is 5.69 Å². The lowest BCUT2D eigenvalue weighted by Gasteiger charge is -2.27. The van der Waals surface area contributed by atoms with Gasteiger partial charge in [-0.2, -0.15) is 13.2 Å². The molecule has 2 rings (SSSR count). The van der Waals surface area contributed by atoms with E-state index >= 15 is 0 Å². The van der Waals surface area contributed by atoms with Crippen molar-refractivity contribution in [1.82, 2.24) is 5.32 Å². The Bertz CT molecular complexity index is 643. The lowest BCUT2D eigenvalue weighted by atomic mass is 10.0. The number of amides is 2. The molecule has 1 aliphatic rings. The number of alkyl halides is 3. The molecule has 4 N–H and O–H groups in total. The van der Waals surface area contributed by atoms with Gasteiger partial charge in [0.2, 0.25) is 0 Å². The highest BCUT2D eigenvalue weighted by Crippen LogP contribution is 2.36. The summed E-state index contributed by atoms with van der Waals surface area (Å²) in [6, 6.07) is 2.40. The molecule has 0 aromatic heterocycles. The maximum Gasteiger partial charge on any atom is 0.417 e. The summed E-state index contributed by atoms with van der Waals surface area (Å²) in [7, 11) is 0. The molecule has 0 spiro atoms. The molecular formula is C14H13ClF3N3O. The Morgan fingerprint density at radius 1 is 1.32 bits per heavy atom. The Hall–Kier alpha value is -1.99. The van der Waals surface area contributed by atoms with E-state index in [0.717, 1.165) is 12.1 Å². The molecule has 118 valence electrons. The van der Waals surface area contributed by atoms with Gasteiger partial charge in [-0.25, -0.2) is 4.79 Å². The third-order valence-electron chi connectivity index (χ3n) is 2.97. The molecule has 1 unspecified atom stereocenters. The van der Waals surface area contributed by atoms with Gasteiger partial charge in [0, 0.05) is 12.1 Å². The fourth-order valence-electron chi connectivity index (χ4n) is 1.92. The van der Waals surface area contributed by atoms with Crippen LogP contribution in [0.4, 0.5) is 23.7 Å². The van der Waals surface area contributed by atoms with E-state index in [0.29, 0.717) is 6.42 Å². The summed E-state index contributed by atoms with van der Waals surface area (Å²) >= 11 is 5.51. The zero-order chi connectivity index (χ0) is 16.4. The van der Waals surface area contributed by atoms with Gasteiger partial charge in [0.05, 0.1) is 10.6 Å². The molecule has 22 heavy (non-hydrogen) atoms. The topological polar surface area (TPSA) is 67.1 Å². The number of hydrogen-bond donors (Lipinski definition) is 3. The molecule has 0 fully saturated rings. The number of urea groups is 1. The summed E-state index contributed by atoms with van der Waals surface area (Å²) in [5.41, 5.74) is 3.80. The number of anilines is 1. The van der Waals surface area contributed by atoms with E-state index in [4.69, 9.17) is 17.3 Å². The van der Waals surface area contributed by atoms with Crippen molar-refractivity contribution in [2.24, 2.45) is 5.73 Å². The van der Waals surface area contributed by atoms with Crippen molar-refractivity contribution in [1.29, 1.82) is 0 Å². The quantitative estimate of drug-likeness (QED) is 0.724. The van der Waals surface area contributed by atoms with Crippen molar-refractivity contribution in [2.75, 3.05) is 5.32 Å². The van der Waals surface area contributed by atoms with E-state index in [9.17, 15) is 18.0 Å². The predicted octanol–water partition coefficient (Wildman–Crippen LogP) is 3.65. The standard InChI is InChI=1S/C14H13ClF3N3O/c15-11-5-4-9(8-10(11)14(16,17)18)20-12(22)21-13(19)6-2-1-3-7-13/h1-6,8H,7,19H2,(H2,20,21,22). The lowest BCUT2D eigenvalue weighted by Crippen LogP contribution is -2.55. The first-order valence-electron chi connectivity index (χ1n) is 6.29. The van der Waals surface area contributed by atoms with Crippen LogP contribution in [0.25, 0.3) is 0 Å². The van der Waals surface area contributed by atoms with Crippen LogP contribution < -0.4 is 16.4 Å². The molecule has 0 bridgehead atoms. The molecule has 0 radical (unpaired) electrons. The fraction of sp³-hybridized carbons (Fsp3) is 0.214. The third-order valence-corrected chi connectivity index (χ3v) is 3.30. The maximum atomic E-state index is 12.8. The van der Waals surface area contributed by atoms with Crippen LogP contribution in [0.3, 0.4) is 0 Å². The minimum absolute atomic E-state index is 0.0341. The molecular weight excluding hydrogens is 319 g/mol. The molecule has 1 aliphatic carbocycles. The molecule has 2 amide bonds. The Labute approximate surface area is 129 Å². The van der Waals surface area contributed by atoms with Crippen LogP contribution in [-0.2, 0) is 6.18 Å². The van der Waals surface area contributed by atoms with Gasteiger partial charge >= 0.3 is 12.2 Å². The monoisotopic (exact) mass is 331 g/mol. The number of rotatable bonds is 2. The summed E-state index contributed by atoms with van der Waals surface area (Å²) in [5, 5.41) is 4.36. The van der Waals surface area contributed by atoms with Crippen LogP contribution in [-0.4, -0.2) is 11.7 Å². The first-order chi connectivity index (χ1) is 10.2. The summed E-state index contributed by atoms with van der Waals surface area (Å²) < 4.78 is 38.3. The number of nitrogens with one attached hydrogen (secondary N) is 2. The number of carbonyl (C=O) groups excluding carboxylic acids is 1. The minimum atomic E-state index is -4.60. The lowest BCUT2D eigenvalue weighted by molar-refractivity contribution is -0.137. The molecule has 0 saturated heterocycles. The van der Waals surface area contributed by atoms with Crippen molar-refractivity contribution < 1.29 is 18.0 Å². The van der Waals surface area contributed by atoms with Crippen LogP contribution in [0.2, 0.25) is 5.02 Å². The predicted molar refractivity (Wildman–Crippen MR) is 78.4 cm³/mol. The summed E-state index contributed by atoms with van der Waals surface area (Å²) in [6.45, 7) is 0. The van der Waals surface area contributed by atoms with E-state index < -0.39 is 28.5 Å². The molecule has 1 aromatic rings. The molecule has 0 saturated carbocycles. The van der Waals surface area contributed by atoms with Gasteiger partial charge in [-0.3, -0.25) is 0 Å². The van der Waals surface area contributed by atoms with E-state index in [2.05, 4.69) is 10.6 Å². The summed E-state index contributed by atoms with van der Waals surface area (Å²) in [4.78, 5) is 11.9. The maximum absolute atomic E-state index is 12.8. The van der Waals surface area contributed by atoms with Gasteiger partial charge in [0.25, 0.3) is 0 Å². The zero-order valence-corrected chi connectivity index (χ0v) is 12.0. The highest BCUT2D eigenvalue weighted by Gasteiger charge is 2.33. The van der Waals surface area contributed by atoms with Crippen molar-refractivity contribution in [3.8, 4) is 0 Å². The second-order valence-corrected chi connectivity index (χ2v) is 5.21. The SMILES string of the molecule is NC1(NC(=O)Nc2ccc(Cl)c(C(F)(F)F)c2)C=CC=CC1. The van der Waals surface area contributed by atoms with Crippen LogP contribution >= 0.6 is 11.6 Å². The average Bonchev–Trinajstić information content (AvgIpc) is 2.40. The van der Waals surface area contributed by atoms with Crippen molar-refractivity contribution in [2.45, 2.75) is 18.3 Å². The molecule has 8 heteroatoms. The minimum Gasteiger partial charge on any atom is -0.316 e. The zero-order valence-electron chi connectivity index (χ0n) is 11.2. The summed E-state index contributed by atoms with van der Waals surface area (Å²) in [6.07, 6.45) is 2.59. The van der Waals surface area contributed by atoms with Gasteiger partial charge in [0.15, 0.2) is 0 Å². The van der Waals surface area contributed by atoms with E-state index in [1.54, 1.807) is 24.3 Å². The summed E-state index contributed by atoms with van der Waals surface area (Å²) in [5.74, 6) is 0. The second kappa shape index (κ2) is 6.02. The first kappa shape index (κ1) is 16.4. The van der Waals surface area contributed by atoms with Crippen LogP contribution in [0, 0.1) is 0 Å². The Morgan fingerprint density at radius 3 is 2.64 bits per heavy atom. The molecule has 4 nitrogen and oxygen atoms in total. The van der Waals surface area contributed by atoms with Gasteiger partial charge in [-0.05, 0) is 24.3 Å². The third kappa shape index (κ3) is 4.02. The van der Waals surface area contributed by atoms with E-state index in [1.807, 2.05) is 0 Å². The number of nitrogens with two attached hydrogens (primary N) is 1. The van der Waals surface area contributed by atoms with Crippen molar-refractivity contribution >= 4 is 23.3 Å². The smallest absolute Gasteiger partial charge is 0.316 e. The molecule has 1 aromatic carbocycles. The highest BCUT2D eigenvalue weighted by molar-refractivity contribution is 6.31. The number of hydrogen-bond acceptors (Lipinski definition) is 2. The first-order valence-corrected chi connectivity index (χ1v) is 6.67. The normalized spacial score (nSPS) is 20.8. The van der Waals surface area contributed by atoms with Crippen LogP contribution in [0.1, 0.15) is 12.0 Å². The highest BCUT2D eigenvalue weighted by atomic mass is 35.5. The second-order valence-electron chi connectivity index (χ2n) is 4.80. The number of allylic oxidation sites excluding steroid dienone is 2. The number of carbonyl (C=O) groups is 1. The Morgan fingerprint density at radius 2 is 2.05 bits per heavy atom. The Kier molecular flexibility index (Phi) is 4.48. The van der Waals surface area contributed by atoms with Gasteiger partial charge in [0.1, 0.15) is 5.66 Å². The molecule has 0 aliphatic heterocycles. The van der Waals surface area contributed by atoms with Gasteiger partial charge in [-0.1, -0.05) is 29.8 Å². The number of benzene rings is 1. The average molecular weight is 332 g/mol. The largest absolute Gasteiger partial charge is 0.417 e. The van der Waals surface area contributed by atoms with Crippen molar-refractivity contribution in [3.05, 3.63) is 53.1 Å². The molecule has 0 heterocycles. The Balaban J connectivity index is 2.09. The van der Waals surface area contributed by atoms with Crippen LogP contribution in [0.5, 0.6) is 0 Å². The van der Waals surface area contributed by atoms with Gasteiger partial charge < -0.3 is 16.4 Å². The van der Waals surface area contributed by atoms with Crippen molar-refractivity contribution in [3.63, 3.8) is 0 Å². The van der Waals surface area contributed by atoms with Gasteiger partial charge in [-0.15, -0.1) is 0 Å². The fourth-order valence-corrected chi connectivity index (χ4v) is 2.15.